The lowest BCUT2D eigenvalue weighted by Gasteiger charge is -2.20. The molecular weight excluding hydrogens is 220 g/mol. The van der Waals surface area contributed by atoms with Crippen molar-refractivity contribution in [2.45, 2.75) is 45.1 Å². The lowest BCUT2D eigenvalue weighted by atomic mass is 9.89. The van der Waals surface area contributed by atoms with Gasteiger partial charge < -0.3 is 0 Å². The van der Waals surface area contributed by atoms with Crippen LogP contribution in [0.25, 0.3) is 0 Å². The van der Waals surface area contributed by atoms with E-state index in [0.717, 1.165) is 23.4 Å². The quantitative estimate of drug-likeness (QED) is 0.471. The fraction of sp³-hybridized carbons (Fsp3) is 0.636. The number of hydrazine groups is 1. The SMILES string of the molecule is C=CCCC(NN)c1snnc1C(C)(C)C. The molecule has 3 N–H and O–H groups in total. The molecule has 0 amide bonds. The van der Waals surface area contributed by atoms with Gasteiger partial charge in [0, 0.05) is 5.41 Å². The first-order valence-electron chi connectivity index (χ1n) is 5.40. The van der Waals surface area contributed by atoms with Crippen LogP contribution in [0.4, 0.5) is 0 Å². The van der Waals surface area contributed by atoms with Crippen molar-refractivity contribution < 1.29 is 0 Å². The van der Waals surface area contributed by atoms with Crippen molar-refractivity contribution in [2.75, 3.05) is 0 Å². The second-order valence-electron chi connectivity index (χ2n) is 4.82. The Morgan fingerprint density at radius 1 is 1.56 bits per heavy atom. The molecule has 1 heterocycles. The number of hydrogen-bond acceptors (Lipinski definition) is 5. The number of allylic oxidation sites excluding steroid dienone is 1. The Labute approximate surface area is 101 Å². The molecule has 0 aliphatic heterocycles. The van der Waals surface area contributed by atoms with Crippen LogP contribution in [-0.2, 0) is 5.41 Å². The van der Waals surface area contributed by atoms with Crippen molar-refractivity contribution in [3.63, 3.8) is 0 Å². The molecule has 0 saturated carbocycles. The van der Waals surface area contributed by atoms with E-state index in [4.69, 9.17) is 5.84 Å². The van der Waals surface area contributed by atoms with E-state index in [1.807, 2.05) is 6.08 Å². The third-order valence-corrected chi connectivity index (χ3v) is 3.24. The maximum atomic E-state index is 5.58. The number of nitrogens with two attached hydrogens (primary N) is 1. The minimum Gasteiger partial charge on any atom is -0.271 e. The summed E-state index contributed by atoms with van der Waals surface area (Å²) in [7, 11) is 0. The van der Waals surface area contributed by atoms with Gasteiger partial charge in [0.05, 0.1) is 16.6 Å². The van der Waals surface area contributed by atoms with Gasteiger partial charge in [-0.05, 0) is 24.4 Å². The lowest BCUT2D eigenvalue weighted by molar-refractivity contribution is 0.497. The molecule has 1 aromatic rings. The number of nitrogens with one attached hydrogen (secondary N) is 1. The number of nitrogens with zero attached hydrogens (tertiary/aromatic N) is 2. The zero-order valence-electron chi connectivity index (χ0n) is 10.2. The lowest BCUT2D eigenvalue weighted by Crippen LogP contribution is -2.29. The van der Waals surface area contributed by atoms with Crippen LogP contribution in [0, 0.1) is 0 Å². The van der Waals surface area contributed by atoms with Crippen molar-refractivity contribution in [1.82, 2.24) is 15.0 Å². The van der Waals surface area contributed by atoms with Crippen LogP contribution in [0.1, 0.15) is 50.2 Å². The van der Waals surface area contributed by atoms with Gasteiger partial charge in [0.1, 0.15) is 0 Å². The van der Waals surface area contributed by atoms with E-state index in [0.29, 0.717) is 0 Å². The molecule has 0 aliphatic carbocycles. The predicted molar refractivity (Wildman–Crippen MR) is 68.1 cm³/mol. The number of rotatable bonds is 5. The number of hydrogen-bond donors (Lipinski definition) is 2. The summed E-state index contributed by atoms with van der Waals surface area (Å²) in [5, 5.41) is 4.21. The molecule has 0 fully saturated rings. The monoisotopic (exact) mass is 240 g/mol. The van der Waals surface area contributed by atoms with Gasteiger partial charge in [-0.25, -0.2) is 0 Å². The molecule has 1 rings (SSSR count). The van der Waals surface area contributed by atoms with Crippen LogP contribution in [0.5, 0.6) is 0 Å². The van der Waals surface area contributed by atoms with Crippen molar-refractivity contribution in [2.24, 2.45) is 5.84 Å². The average Bonchev–Trinajstić information content (AvgIpc) is 2.67. The molecule has 0 aromatic carbocycles. The summed E-state index contributed by atoms with van der Waals surface area (Å²) in [5.74, 6) is 5.58. The minimum absolute atomic E-state index is 0.00557. The van der Waals surface area contributed by atoms with Gasteiger partial charge in [-0.3, -0.25) is 11.3 Å². The second-order valence-corrected chi connectivity index (χ2v) is 5.61. The van der Waals surface area contributed by atoms with Crippen LogP contribution >= 0.6 is 11.5 Å². The Morgan fingerprint density at radius 3 is 2.75 bits per heavy atom. The van der Waals surface area contributed by atoms with Crippen LogP contribution in [0.2, 0.25) is 0 Å². The van der Waals surface area contributed by atoms with E-state index in [2.05, 4.69) is 42.4 Å². The van der Waals surface area contributed by atoms with E-state index in [-0.39, 0.29) is 11.5 Å². The highest BCUT2D eigenvalue weighted by atomic mass is 32.1. The Balaban J connectivity index is 2.92. The van der Waals surface area contributed by atoms with E-state index in [1.165, 1.54) is 11.5 Å². The molecule has 0 aliphatic rings. The van der Waals surface area contributed by atoms with Crippen molar-refractivity contribution in [3.8, 4) is 0 Å². The highest BCUT2D eigenvalue weighted by molar-refractivity contribution is 7.05. The molecule has 0 saturated heterocycles. The summed E-state index contributed by atoms with van der Waals surface area (Å²) in [6.45, 7) is 10.1. The Morgan fingerprint density at radius 2 is 2.25 bits per heavy atom. The first-order chi connectivity index (χ1) is 7.50. The minimum atomic E-state index is 0.00557. The third kappa shape index (κ3) is 3.10. The van der Waals surface area contributed by atoms with Gasteiger partial charge in [0.15, 0.2) is 0 Å². The summed E-state index contributed by atoms with van der Waals surface area (Å²) in [6, 6.07) is 0.118. The normalized spacial score (nSPS) is 13.8. The molecule has 5 heteroatoms. The average molecular weight is 240 g/mol. The van der Waals surface area contributed by atoms with Gasteiger partial charge in [-0.1, -0.05) is 31.3 Å². The van der Waals surface area contributed by atoms with Crippen LogP contribution in [0.15, 0.2) is 12.7 Å². The summed E-state index contributed by atoms with van der Waals surface area (Å²) in [6.07, 6.45) is 3.75. The van der Waals surface area contributed by atoms with E-state index in [1.54, 1.807) is 0 Å². The first kappa shape index (κ1) is 13.3. The van der Waals surface area contributed by atoms with Gasteiger partial charge in [-0.2, -0.15) is 0 Å². The fourth-order valence-corrected chi connectivity index (χ4v) is 2.48. The van der Waals surface area contributed by atoms with E-state index in [9.17, 15) is 0 Å². The topological polar surface area (TPSA) is 63.8 Å². The van der Waals surface area contributed by atoms with Gasteiger partial charge in [0.2, 0.25) is 0 Å². The first-order valence-corrected chi connectivity index (χ1v) is 6.17. The number of aromatic nitrogens is 2. The molecule has 16 heavy (non-hydrogen) atoms. The molecule has 1 aromatic heterocycles. The molecule has 4 nitrogen and oxygen atoms in total. The zero-order chi connectivity index (χ0) is 12.2. The summed E-state index contributed by atoms with van der Waals surface area (Å²) < 4.78 is 4.04. The molecule has 90 valence electrons. The Hall–Kier alpha value is -0.780. The fourth-order valence-electron chi connectivity index (χ4n) is 1.52. The molecule has 1 atom stereocenters. The predicted octanol–water partition coefficient (Wildman–Crippen LogP) is 2.31. The summed E-state index contributed by atoms with van der Waals surface area (Å²) >= 11 is 1.42. The third-order valence-electron chi connectivity index (χ3n) is 2.40. The van der Waals surface area contributed by atoms with Gasteiger partial charge in [0.25, 0.3) is 0 Å². The summed E-state index contributed by atoms with van der Waals surface area (Å²) in [5.41, 5.74) is 3.87. The van der Waals surface area contributed by atoms with E-state index >= 15 is 0 Å². The second kappa shape index (κ2) is 5.52. The standard InChI is InChI=1S/C11H20N4S/c1-5-6-7-8(13-12)9-10(11(2,3)4)14-15-16-9/h5,8,13H,1,6-7,12H2,2-4H3. The molecule has 0 radical (unpaired) electrons. The summed E-state index contributed by atoms with van der Waals surface area (Å²) in [4.78, 5) is 1.14. The van der Waals surface area contributed by atoms with Crippen molar-refractivity contribution in [1.29, 1.82) is 0 Å². The molecule has 0 bridgehead atoms. The molecule has 1 unspecified atom stereocenters. The molecule has 0 spiro atoms. The van der Waals surface area contributed by atoms with Crippen LogP contribution in [0.3, 0.4) is 0 Å². The van der Waals surface area contributed by atoms with Crippen molar-refractivity contribution >= 4 is 11.5 Å². The van der Waals surface area contributed by atoms with Crippen molar-refractivity contribution in [3.05, 3.63) is 23.2 Å². The highest BCUT2D eigenvalue weighted by Crippen LogP contribution is 2.31. The maximum Gasteiger partial charge on any atom is 0.0857 e. The largest absolute Gasteiger partial charge is 0.271 e. The van der Waals surface area contributed by atoms with Gasteiger partial charge >= 0.3 is 0 Å². The zero-order valence-corrected chi connectivity index (χ0v) is 11.0. The smallest absolute Gasteiger partial charge is 0.0857 e. The van der Waals surface area contributed by atoms with Gasteiger partial charge in [-0.15, -0.1) is 11.7 Å². The molecular formula is C11H20N4S. The Kier molecular flexibility index (Phi) is 4.58. The Bertz CT molecular complexity index is 340. The maximum absolute atomic E-state index is 5.58. The van der Waals surface area contributed by atoms with Crippen LogP contribution in [-0.4, -0.2) is 9.59 Å². The van der Waals surface area contributed by atoms with E-state index < -0.39 is 0 Å². The van der Waals surface area contributed by atoms with Crippen LogP contribution < -0.4 is 11.3 Å². The highest BCUT2D eigenvalue weighted by Gasteiger charge is 2.26.